The number of halogens is 5. The van der Waals surface area contributed by atoms with E-state index in [4.69, 9.17) is 34.7 Å². The van der Waals surface area contributed by atoms with E-state index in [1.54, 1.807) is 30.3 Å². The number of para-hydroxylation sites is 8. The van der Waals surface area contributed by atoms with Crippen LogP contribution in [0.1, 0.15) is 75.8 Å². The molecule has 5 aliphatic carbocycles. The molecular weight excluding hydrogens is 1010 g/mol. The Bertz CT molecular complexity index is 2740. The highest BCUT2D eigenvalue weighted by Gasteiger charge is 2.38. The molecule has 15 nitrogen and oxygen atoms in total. The number of nitro benzene ring substituents is 2. The topological polar surface area (TPSA) is 218 Å². The fraction of sp³-hybridized carbons (Fsp3) is 0.333. The van der Waals surface area contributed by atoms with Crippen LogP contribution in [0.15, 0.2) is 121 Å². The Morgan fingerprint density at radius 1 is 0.638 bits per heavy atom. The number of nitrogens with one attached hydrogen (secondary N) is 2. The van der Waals surface area contributed by atoms with Gasteiger partial charge in [-0.1, -0.05) is 78.3 Å². The Labute approximate surface area is 424 Å². The SMILES string of the molecule is Clc1nc2ccccc2n1C1CC1.NC1CC1.Nc1ccccc1NC1CC1.O=C1Cc2ccccc2N1C1CC1.O=P(Cl)(Cl)Cl.O=[N+]([O-])c1ccccc1Cl.O=[N+]([O-])c1ccccc1NC1CC1. The van der Waals surface area contributed by atoms with E-state index in [9.17, 15) is 29.6 Å². The second-order valence-electron chi connectivity index (χ2n) is 16.9. The summed E-state index contributed by atoms with van der Waals surface area (Å²) in [5, 5.41) is 24.8. The van der Waals surface area contributed by atoms with Gasteiger partial charge in [0.05, 0.1) is 38.7 Å². The average molecular weight is 1060 g/mol. The number of nitro groups is 2. The van der Waals surface area contributed by atoms with Crippen molar-refractivity contribution in [1.29, 1.82) is 0 Å². The van der Waals surface area contributed by atoms with Crippen LogP contribution in [0.25, 0.3) is 11.0 Å². The summed E-state index contributed by atoms with van der Waals surface area (Å²) in [6, 6.07) is 39.7. The van der Waals surface area contributed by atoms with Gasteiger partial charge in [-0.3, -0.25) is 29.6 Å². The molecular formula is C48H53Cl5N9O6P. The van der Waals surface area contributed by atoms with Gasteiger partial charge in [0.1, 0.15) is 10.7 Å². The molecule has 12 rings (SSSR count). The number of rotatable bonds is 8. The third-order valence-electron chi connectivity index (χ3n) is 10.8. The van der Waals surface area contributed by atoms with Crippen molar-refractivity contribution in [2.24, 2.45) is 5.73 Å². The summed E-state index contributed by atoms with van der Waals surface area (Å²) >= 11 is 25.4. The largest absolute Gasteiger partial charge is 0.397 e. The van der Waals surface area contributed by atoms with Crippen molar-refractivity contribution in [3.63, 3.8) is 0 Å². The lowest BCUT2D eigenvalue weighted by atomic mass is 10.2. The highest BCUT2D eigenvalue weighted by atomic mass is 36.0. The Morgan fingerprint density at radius 2 is 1.12 bits per heavy atom. The molecule has 6 aromatic rings. The molecule has 69 heavy (non-hydrogen) atoms. The van der Waals surface area contributed by atoms with Crippen molar-refractivity contribution in [3.8, 4) is 0 Å². The van der Waals surface area contributed by atoms with E-state index in [2.05, 4.69) is 72.1 Å². The van der Waals surface area contributed by atoms with Gasteiger partial charge in [0, 0.05) is 48.0 Å². The maximum Gasteiger partial charge on any atom is 0.339 e. The minimum Gasteiger partial charge on any atom is -0.397 e. The van der Waals surface area contributed by atoms with Gasteiger partial charge in [0.15, 0.2) is 0 Å². The van der Waals surface area contributed by atoms with E-state index < -0.39 is 10.1 Å². The Morgan fingerprint density at radius 3 is 1.64 bits per heavy atom. The minimum atomic E-state index is -3.22. The lowest BCUT2D eigenvalue weighted by Gasteiger charge is -2.15. The predicted octanol–water partition coefficient (Wildman–Crippen LogP) is 13.9. The average Bonchev–Trinajstić information content (AvgIpc) is 4.06. The highest BCUT2D eigenvalue weighted by molar-refractivity contribution is 8.24. The van der Waals surface area contributed by atoms with Gasteiger partial charge in [0.25, 0.3) is 11.4 Å². The van der Waals surface area contributed by atoms with Gasteiger partial charge in [0.2, 0.25) is 11.2 Å². The maximum atomic E-state index is 11.6. The first-order valence-corrected chi connectivity index (χ1v) is 27.6. The quantitative estimate of drug-likeness (QED) is 0.0486. The van der Waals surface area contributed by atoms with E-state index in [1.165, 1.54) is 75.1 Å². The fourth-order valence-corrected chi connectivity index (χ4v) is 7.21. The number of carbonyl (C=O) groups excluding carboxylic acids is 1. The summed E-state index contributed by atoms with van der Waals surface area (Å²) in [6.07, 6.45) is 12.8. The van der Waals surface area contributed by atoms with E-state index in [1.807, 2.05) is 59.5 Å². The Balaban J connectivity index is 0.000000136. The summed E-state index contributed by atoms with van der Waals surface area (Å²) in [5.41, 5.74) is 18.1. The second kappa shape index (κ2) is 25.1. The first-order chi connectivity index (χ1) is 33.0. The summed E-state index contributed by atoms with van der Waals surface area (Å²) in [7, 11) is 0. The molecule has 1 aliphatic heterocycles. The van der Waals surface area contributed by atoms with Crippen LogP contribution in [0.5, 0.6) is 0 Å². The number of carbonyl (C=O) groups is 1. The van der Waals surface area contributed by atoms with Crippen molar-refractivity contribution >= 4 is 113 Å². The molecule has 366 valence electrons. The van der Waals surface area contributed by atoms with Crippen LogP contribution in [0.2, 0.25) is 10.3 Å². The van der Waals surface area contributed by atoms with Crippen LogP contribution in [0.3, 0.4) is 0 Å². The monoisotopic (exact) mass is 1060 g/mol. The van der Waals surface area contributed by atoms with E-state index >= 15 is 0 Å². The van der Waals surface area contributed by atoms with Crippen molar-refractivity contribution in [3.05, 3.63) is 157 Å². The molecule has 0 unspecified atom stereocenters. The number of fused-ring (bicyclic) bond motifs is 2. The molecule has 0 bridgehead atoms. The molecule has 6 N–H and O–H groups in total. The van der Waals surface area contributed by atoms with Gasteiger partial charge in [-0.25, -0.2) is 4.98 Å². The van der Waals surface area contributed by atoms with E-state index in [-0.39, 0.29) is 27.2 Å². The zero-order chi connectivity index (χ0) is 49.7. The van der Waals surface area contributed by atoms with E-state index in [0.29, 0.717) is 47.6 Å². The van der Waals surface area contributed by atoms with Crippen molar-refractivity contribution in [1.82, 2.24) is 9.55 Å². The molecule has 5 aromatic carbocycles. The van der Waals surface area contributed by atoms with Gasteiger partial charge < -0.3 is 31.6 Å². The Hall–Kier alpha value is -5.12. The number of hydrogen-bond donors (Lipinski definition) is 4. The summed E-state index contributed by atoms with van der Waals surface area (Å²) in [4.78, 5) is 37.8. The van der Waals surface area contributed by atoms with Crippen LogP contribution in [0, 0.1) is 20.2 Å². The molecule has 0 saturated heterocycles. The van der Waals surface area contributed by atoms with Gasteiger partial charge in [-0.15, -0.1) is 0 Å². The zero-order valence-electron chi connectivity index (χ0n) is 37.4. The number of aromatic nitrogens is 2. The number of amides is 1. The molecule has 5 fully saturated rings. The smallest absolute Gasteiger partial charge is 0.339 e. The molecule has 6 aliphatic rings. The van der Waals surface area contributed by atoms with Crippen LogP contribution < -0.4 is 27.0 Å². The second-order valence-corrected chi connectivity index (χ2v) is 24.3. The molecule has 5 saturated carbocycles. The van der Waals surface area contributed by atoms with Gasteiger partial charge in [-0.2, -0.15) is 0 Å². The van der Waals surface area contributed by atoms with Crippen molar-refractivity contribution in [2.75, 3.05) is 21.3 Å². The third-order valence-corrected chi connectivity index (χ3v) is 11.4. The van der Waals surface area contributed by atoms with Crippen molar-refractivity contribution < 1.29 is 19.2 Å². The summed E-state index contributed by atoms with van der Waals surface area (Å²) < 4.78 is 11.6. The lowest BCUT2D eigenvalue weighted by Crippen LogP contribution is -2.28. The Kier molecular flexibility index (Phi) is 19.4. The van der Waals surface area contributed by atoms with Crippen LogP contribution in [0.4, 0.5) is 34.1 Å². The summed E-state index contributed by atoms with van der Waals surface area (Å²) in [6.45, 7) is 0. The number of nitrogens with zero attached hydrogens (tertiary/aromatic N) is 5. The third kappa shape index (κ3) is 18.3. The standard InChI is InChI=1S/C11H11NO.C10H9ClN2.C9H10N2O2.C9H12N2.C6H4ClNO2.C3H7N.Cl3OP/c13-11-7-8-3-1-2-4-10(8)12(11)9-5-6-9;11-10-12-8-3-1-2-4-9(8)13(10)7-5-6-7;12-11(13)9-4-2-1-3-8(9)10-7-5-6-7;10-8-3-1-2-4-9(8)11-7-5-6-7;7-5-3-1-2-4-6(5)8(9)10;4-3-1-2-3;1-5(2,3)4/h1-4,9H,5-7H2;1-4,7H,5-6H2;1-4,7,10H,5-6H2;1-4,7,11H,5-6,10H2;1-4H;3H,1-2,4H2;. The number of imidazole rings is 1. The van der Waals surface area contributed by atoms with Gasteiger partial charge in [-0.05, 0) is 158 Å². The first kappa shape index (κ1) is 53.2. The molecule has 0 atom stereocenters. The fourth-order valence-electron chi connectivity index (χ4n) is 6.68. The first-order valence-electron chi connectivity index (χ1n) is 22.4. The number of hydrogen-bond acceptors (Lipinski definition) is 11. The molecule has 0 radical (unpaired) electrons. The predicted molar refractivity (Wildman–Crippen MR) is 281 cm³/mol. The normalized spacial score (nSPS) is 16.3. The van der Waals surface area contributed by atoms with Gasteiger partial charge >= 0.3 is 5.20 Å². The zero-order valence-corrected chi connectivity index (χ0v) is 42.1. The lowest BCUT2D eigenvalue weighted by molar-refractivity contribution is -0.384. The molecule has 21 heteroatoms. The van der Waals surface area contributed by atoms with Crippen LogP contribution >= 0.6 is 62.1 Å². The number of benzene rings is 5. The molecule has 1 amide bonds. The van der Waals surface area contributed by atoms with Crippen LogP contribution in [-0.4, -0.2) is 49.5 Å². The van der Waals surface area contributed by atoms with Crippen LogP contribution in [-0.2, 0) is 15.8 Å². The van der Waals surface area contributed by atoms with E-state index in [0.717, 1.165) is 40.9 Å². The number of anilines is 4. The van der Waals surface area contributed by atoms with Crippen molar-refractivity contribution in [2.45, 2.75) is 101 Å². The molecule has 2 heterocycles. The molecule has 0 spiro atoms. The number of nitrogen functional groups attached to an aromatic ring is 1. The minimum absolute atomic E-state index is 0.0517. The number of nitrogens with two attached hydrogens (primary N) is 2. The molecule has 1 aromatic heterocycles. The maximum absolute atomic E-state index is 11.6. The summed E-state index contributed by atoms with van der Waals surface area (Å²) in [5.74, 6) is 0.281. The highest BCUT2D eigenvalue weighted by Crippen LogP contribution is 2.61.